The van der Waals surface area contributed by atoms with Gasteiger partial charge in [0.2, 0.25) is 11.8 Å². The van der Waals surface area contributed by atoms with Crippen LogP contribution in [0, 0.1) is 0 Å². The molecule has 1 saturated heterocycles. The number of carbonyl (C=O) groups excluding carboxylic acids is 2. The normalized spacial score (nSPS) is 22.4. The summed E-state index contributed by atoms with van der Waals surface area (Å²) >= 11 is 0. The number of rotatable bonds is 3. The molecule has 0 saturated carbocycles. The van der Waals surface area contributed by atoms with Gasteiger partial charge in [-0.25, -0.2) is 0 Å². The number of nitrogens with one attached hydrogen (secondary N) is 2. The molecule has 0 spiro atoms. The molecule has 5 rings (SSSR count). The zero-order valence-corrected chi connectivity index (χ0v) is 19.6. The number of nitrogens with zero attached hydrogens (tertiary/aromatic N) is 1. The van der Waals surface area contributed by atoms with Gasteiger partial charge in [0.25, 0.3) is 0 Å². The third-order valence-corrected chi connectivity index (χ3v) is 6.14. The molecule has 8 heteroatoms. The fourth-order valence-electron chi connectivity index (χ4n) is 4.27. The highest BCUT2D eigenvalue weighted by atomic mass is 16.5. The first-order chi connectivity index (χ1) is 16.6. The van der Waals surface area contributed by atoms with Gasteiger partial charge in [-0.05, 0) is 41.8 Å². The molecule has 2 aromatic carbocycles. The lowest BCUT2D eigenvalue weighted by Gasteiger charge is -2.21. The summed E-state index contributed by atoms with van der Waals surface area (Å²) in [6.45, 7) is 3.55. The second-order valence-electron chi connectivity index (χ2n) is 8.77. The van der Waals surface area contributed by atoms with E-state index >= 15 is 0 Å². The van der Waals surface area contributed by atoms with Crippen LogP contribution < -0.4 is 15.4 Å². The van der Waals surface area contributed by atoms with E-state index in [0.717, 1.165) is 29.2 Å². The van der Waals surface area contributed by atoms with Crippen molar-refractivity contribution >= 4 is 11.8 Å². The van der Waals surface area contributed by atoms with Crippen LogP contribution >= 0.6 is 0 Å². The molecule has 0 radical (unpaired) electrons. The number of aryl methyl sites for hydroxylation is 1. The highest BCUT2D eigenvalue weighted by Gasteiger charge is 2.34. The Hall–Kier alpha value is -2.94. The maximum Gasteiger partial charge on any atom is 0.222 e. The molecule has 3 aliphatic rings. The number of fused-ring (bicyclic) bond motifs is 10. The molecule has 2 aromatic rings. The second-order valence-corrected chi connectivity index (χ2v) is 8.77. The van der Waals surface area contributed by atoms with E-state index in [1.807, 2.05) is 48.5 Å². The summed E-state index contributed by atoms with van der Waals surface area (Å²) in [7, 11) is 1.68. The third-order valence-electron chi connectivity index (χ3n) is 6.14. The zero-order chi connectivity index (χ0) is 23.8. The molecule has 182 valence electrons. The molecule has 2 amide bonds. The highest BCUT2D eigenvalue weighted by Crippen LogP contribution is 2.24. The van der Waals surface area contributed by atoms with Gasteiger partial charge in [-0.1, -0.05) is 24.3 Å². The van der Waals surface area contributed by atoms with E-state index in [1.54, 1.807) is 7.11 Å². The molecule has 3 heterocycles. The number of ether oxygens (including phenoxy) is 3. The van der Waals surface area contributed by atoms with E-state index in [1.165, 1.54) is 0 Å². The van der Waals surface area contributed by atoms with Crippen LogP contribution in [0.4, 0.5) is 0 Å². The lowest BCUT2D eigenvalue weighted by Crippen LogP contribution is -2.44. The lowest BCUT2D eigenvalue weighted by atomic mass is 10.1. The molecular weight excluding hydrogens is 434 g/mol. The van der Waals surface area contributed by atoms with Crippen LogP contribution in [-0.2, 0) is 32.1 Å². The summed E-state index contributed by atoms with van der Waals surface area (Å²) in [6.07, 6.45) is 1.10. The minimum Gasteiger partial charge on any atom is -0.457 e. The van der Waals surface area contributed by atoms with E-state index in [0.29, 0.717) is 45.7 Å². The molecular formula is C26H33N3O5. The molecule has 1 fully saturated rings. The van der Waals surface area contributed by atoms with Crippen molar-refractivity contribution in [2.24, 2.45) is 0 Å². The highest BCUT2D eigenvalue weighted by molar-refractivity contribution is 5.79. The Labute approximate surface area is 200 Å². The summed E-state index contributed by atoms with van der Waals surface area (Å²) in [4.78, 5) is 27.0. The van der Waals surface area contributed by atoms with E-state index in [-0.39, 0.29) is 30.4 Å². The maximum absolute atomic E-state index is 12.6. The molecule has 4 bridgehead atoms. The number of likely N-dealkylation sites (tertiary alicyclic amines) is 1. The van der Waals surface area contributed by atoms with Crippen molar-refractivity contribution in [1.29, 1.82) is 0 Å². The van der Waals surface area contributed by atoms with Crippen LogP contribution in [0.1, 0.15) is 24.0 Å². The predicted molar refractivity (Wildman–Crippen MR) is 128 cm³/mol. The molecule has 3 aliphatic heterocycles. The van der Waals surface area contributed by atoms with Gasteiger partial charge in [-0.15, -0.1) is 0 Å². The predicted octanol–water partition coefficient (Wildman–Crippen LogP) is 2.26. The fraction of sp³-hybridized carbons (Fsp3) is 0.462. The van der Waals surface area contributed by atoms with E-state index in [2.05, 4.69) is 15.5 Å². The Morgan fingerprint density at radius 1 is 0.971 bits per heavy atom. The van der Waals surface area contributed by atoms with Crippen molar-refractivity contribution < 1.29 is 23.8 Å². The maximum atomic E-state index is 12.6. The van der Waals surface area contributed by atoms with Crippen LogP contribution in [0.2, 0.25) is 0 Å². The third kappa shape index (κ3) is 7.03. The van der Waals surface area contributed by atoms with Crippen molar-refractivity contribution in [3.8, 4) is 11.5 Å². The van der Waals surface area contributed by atoms with Gasteiger partial charge in [0, 0.05) is 46.1 Å². The number of methoxy groups -OCH3 is 1. The van der Waals surface area contributed by atoms with Gasteiger partial charge >= 0.3 is 0 Å². The van der Waals surface area contributed by atoms with Gasteiger partial charge in [-0.2, -0.15) is 0 Å². The Morgan fingerprint density at radius 3 is 2.65 bits per heavy atom. The van der Waals surface area contributed by atoms with E-state index in [9.17, 15) is 9.59 Å². The van der Waals surface area contributed by atoms with Crippen LogP contribution in [0.15, 0.2) is 48.5 Å². The molecule has 0 aliphatic carbocycles. The molecule has 0 aromatic heterocycles. The van der Waals surface area contributed by atoms with Gasteiger partial charge < -0.3 is 24.8 Å². The molecule has 0 unspecified atom stereocenters. The van der Waals surface area contributed by atoms with Crippen LogP contribution in [0.5, 0.6) is 11.5 Å². The van der Waals surface area contributed by atoms with Crippen molar-refractivity contribution in [3.05, 3.63) is 59.7 Å². The first-order valence-corrected chi connectivity index (χ1v) is 11.8. The number of hydrogen-bond donors (Lipinski definition) is 2. The average Bonchev–Trinajstić information content (AvgIpc) is 3.22. The summed E-state index contributed by atoms with van der Waals surface area (Å²) in [6, 6.07) is 15.5. The topological polar surface area (TPSA) is 89.1 Å². The van der Waals surface area contributed by atoms with Crippen LogP contribution in [0.25, 0.3) is 0 Å². The second kappa shape index (κ2) is 12.0. The summed E-state index contributed by atoms with van der Waals surface area (Å²) < 4.78 is 17.5. The fourth-order valence-corrected chi connectivity index (χ4v) is 4.27. The molecule has 2 atom stereocenters. The van der Waals surface area contributed by atoms with Gasteiger partial charge in [0.05, 0.1) is 25.4 Å². The van der Waals surface area contributed by atoms with Gasteiger partial charge in [0.15, 0.2) is 0 Å². The SMILES string of the molecule is COCCN1C[C@@H]2NC(=O)CCNC(=O)CCc3ccc(cc3)Oc3cccc(c3)CO[C@H]2C1. The quantitative estimate of drug-likeness (QED) is 0.720. The molecule has 8 nitrogen and oxygen atoms in total. The standard InChI is InChI=1S/C26H33N3O5/c1-32-14-13-29-16-23-24(17-29)33-18-20-3-2-4-22(15-20)34-21-8-5-19(6-9-21)7-10-25(30)27-12-11-26(31)28-23/h2-6,8-9,15,23-24H,7,10-14,16-18H2,1H3,(H,27,30)(H,28,31)/t23-,24-/m0/s1. The van der Waals surface area contributed by atoms with Gasteiger partial charge in [-0.3, -0.25) is 14.5 Å². The monoisotopic (exact) mass is 467 g/mol. The minimum atomic E-state index is -0.141. The largest absolute Gasteiger partial charge is 0.457 e. The lowest BCUT2D eigenvalue weighted by molar-refractivity contribution is -0.123. The minimum absolute atomic E-state index is 0.0628. The van der Waals surface area contributed by atoms with Crippen LogP contribution in [-0.4, -0.2) is 68.8 Å². The molecule has 2 N–H and O–H groups in total. The van der Waals surface area contributed by atoms with Crippen molar-refractivity contribution in [1.82, 2.24) is 15.5 Å². The number of amides is 2. The molecule has 34 heavy (non-hydrogen) atoms. The number of hydrogen-bond acceptors (Lipinski definition) is 6. The van der Waals surface area contributed by atoms with Crippen LogP contribution in [0.3, 0.4) is 0 Å². The Kier molecular flexibility index (Phi) is 8.51. The Bertz CT molecular complexity index is 965. The van der Waals surface area contributed by atoms with E-state index < -0.39 is 0 Å². The Balaban J connectivity index is 1.49. The summed E-state index contributed by atoms with van der Waals surface area (Å²) in [5.74, 6) is 1.33. The van der Waals surface area contributed by atoms with Crippen molar-refractivity contribution in [2.45, 2.75) is 38.0 Å². The van der Waals surface area contributed by atoms with Crippen molar-refractivity contribution in [2.75, 3.05) is 39.9 Å². The first kappa shape index (κ1) is 24.2. The number of benzene rings is 2. The van der Waals surface area contributed by atoms with E-state index in [4.69, 9.17) is 14.2 Å². The summed E-state index contributed by atoms with van der Waals surface area (Å²) in [5.41, 5.74) is 2.06. The number of carbonyl (C=O) groups is 2. The summed E-state index contributed by atoms with van der Waals surface area (Å²) in [5, 5.41) is 5.95. The average molecular weight is 468 g/mol. The zero-order valence-electron chi connectivity index (χ0n) is 19.6. The smallest absolute Gasteiger partial charge is 0.222 e. The first-order valence-electron chi connectivity index (χ1n) is 11.8. The van der Waals surface area contributed by atoms with Gasteiger partial charge in [0.1, 0.15) is 11.5 Å². The Morgan fingerprint density at radius 2 is 1.82 bits per heavy atom. The van der Waals surface area contributed by atoms with Crippen molar-refractivity contribution in [3.63, 3.8) is 0 Å².